The average Bonchev–Trinajstić information content (AvgIpc) is 2.47. The largest absolute Gasteiger partial charge is 0.384 e. The molecule has 0 saturated heterocycles. The number of aromatic nitrogens is 3. The van der Waals surface area contributed by atoms with Gasteiger partial charge in [-0.1, -0.05) is 20.8 Å². The van der Waals surface area contributed by atoms with Crippen molar-refractivity contribution in [2.24, 2.45) is 0 Å². The molecule has 0 amide bonds. The Morgan fingerprint density at radius 1 is 1.36 bits per heavy atom. The Kier molecular flexibility index (Phi) is 1.74. The van der Waals surface area contributed by atoms with E-state index >= 15 is 0 Å². The third-order valence-electron chi connectivity index (χ3n) is 2.24. The molecular formula is C10H14N4. The lowest BCUT2D eigenvalue weighted by atomic mass is 9.89. The quantitative estimate of drug-likeness (QED) is 0.686. The average molecular weight is 190 g/mol. The molecule has 0 aliphatic carbocycles. The van der Waals surface area contributed by atoms with Crippen LogP contribution in [0.3, 0.4) is 0 Å². The summed E-state index contributed by atoms with van der Waals surface area (Å²) in [7, 11) is 0. The summed E-state index contributed by atoms with van der Waals surface area (Å²) in [6.07, 6.45) is 3.54. The van der Waals surface area contributed by atoms with Crippen LogP contribution >= 0.6 is 0 Å². The van der Waals surface area contributed by atoms with Crippen molar-refractivity contribution in [3.05, 3.63) is 24.0 Å². The standard InChI is InChI=1S/C10H14N4/c1-10(2,3)7-6-13-14-8(11)4-5-12-9(7)14/h4-6H,11H2,1-3H3. The van der Waals surface area contributed by atoms with Gasteiger partial charge in [0.25, 0.3) is 0 Å². The highest BCUT2D eigenvalue weighted by atomic mass is 15.3. The molecule has 4 nitrogen and oxygen atoms in total. The van der Waals surface area contributed by atoms with E-state index in [2.05, 4.69) is 30.9 Å². The fourth-order valence-corrected chi connectivity index (χ4v) is 1.44. The Balaban J connectivity index is 2.76. The van der Waals surface area contributed by atoms with Gasteiger partial charge in [0.15, 0.2) is 5.65 Å². The smallest absolute Gasteiger partial charge is 0.161 e. The van der Waals surface area contributed by atoms with Gasteiger partial charge in [-0.15, -0.1) is 0 Å². The Morgan fingerprint density at radius 3 is 2.71 bits per heavy atom. The minimum absolute atomic E-state index is 0.0442. The topological polar surface area (TPSA) is 56.2 Å². The Hall–Kier alpha value is -1.58. The van der Waals surface area contributed by atoms with Crippen LogP contribution < -0.4 is 5.73 Å². The lowest BCUT2D eigenvalue weighted by molar-refractivity contribution is 0.594. The lowest BCUT2D eigenvalue weighted by Crippen LogP contribution is -2.11. The summed E-state index contributed by atoms with van der Waals surface area (Å²) < 4.78 is 1.67. The van der Waals surface area contributed by atoms with Crippen molar-refractivity contribution in [2.45, 2.75) is 26.2 Å². The maximum atomic E-state index is 5.77. The molecule has 74 valence electrons. The molecule has 0 bridgehead atoms. The third kappa shape index (κ3) is 1.23. The number of hydrogen-bond acceptors (Lipinski definition) is 3. The Labute approximate surface area is 82.8 Å². The number of rotatable bonds is 0. The maximum absolute atomic E-state index is 5.77. The minimum Gasteiger partial charge on any atom is -0.384 e. The van der Waals surface area contributed by atoms with Crippen molar-refractivity contribution in [3.8, 4) is 0 Å². The molecule has 2 aromatic heterocycles. The highest BCUT2D eigenvalue weighted by Crippen LogP contribution is 2.25. The number of anilines is 1. The zero-order valence-electron chi connectivity index (χ0n) is 8.65. The lowest BCUT2D eigenvalue weighted by Gasteiger charge is -2.15. The molecule has 2 N–H and O–H groups in total. The van der Waals surface area contributed by atoms with Crippen molar-refractivity contribution in [3.63, 3.8) is 0 Å². The van der Waals surface area contributed by atoms with Gasteiger partial charge < -0.3 is 5.73 Å². The van der Waals surface area contributed by atoms with Crippen LogP contribution in [0, 0.1) is 0 Å². The monoisotopic (exact) mass is 190 g/mol. The second kappa shape index (κ2) is 2.70. The zero-order chi connectivity index (χ0) is 10.3. The second-order valence-corrected chi connectivity index (χ2v) is 4.41. The van der Waals surface area contributed by atoms with Crippen LogP contribution in [0.4, 0.5) is 5.82 Å². The number of hydrogen-bond donors (Lipinski definition) is 1. The van der Waals surface area contributed by atoms with Crippen molar-refractivity contribution < 1.29 is 0 Å². The summed E-state index contributed by atoms with van der Waals surface area (Å²) in [5.41, 5.74) is 7.78. The van der Waals surface area contributed by atoms with Crippen molar-refractivity contribution in [1.29, 1.82) is 0 Å². The summed E-state index contributed by atoms with van der Waals surface area (Å²) in [6, 6.07) is 1.74. The van der Waals surface area contributed by atoms with E-state index in [1.54, 1.807) is 16.8 Å². The fraction of sp³-hybridized carbons (Fsp3) is 0.400. The SMILES string of the molecule is CC(C)(C)c1cnn2c(N)ccnc12. The van der Waals surface area contributed by atoms with Crippen LogP contribution in [-0.2, 0) is 5.41 Å². The van der Waals surface area contributed by atoms with Crippen LogP contribution in [0.5, 0.6) is 0 Å². The van der Waals surface area contributed by atoms with Crippen LogP contribution in [0.15, 0.2) is 18.5 Å². The molecule has 4 heteroatoms. The van der Waals surface area contributed by atoms with Gasteiger partial charge in [-0.05, 0) is 11.5 Å². The van der Waals surface area contributed by atoms with E-state index in [1.807, 2.05) is 6.20 Å². The first-order valence-electron chi connectivity index (χ1n) is 4.59. The van der Waals surface area contributed by atoms with E-state index in [1.165, 1.54) is 0 Å². The predicted molar refractivity (Wildman–Crippen MR) is 56.1 cm³/mol. The van der Waals surface area contributed by atoms with E-state index in [0.29, 0.717) is 5.82 Å². The van der Waals surface area contributed by atoms with Gasteiger partial charge in [-0.25, -0.2) is 4.98 Å². The van der Waals surface area contributed by atoms with Gasteiger partial charge in [0, 0.05) is 11.8 Å². The fourth-order valence-electron chi connectivity index (χ4n) is 1.44. The van der Waals surface area contributed by atoms with Gasteiger partial charge in [0.2, 0.25) is 0 Å². The summed E-state index contributed by atoms with van der Waals surface area (Å²) in [4.78, 5) is 4.29. The molecule has 2 heterocycles. The molecule has 0 unspecified atom stereocenters. The molecule has 2 aromatic rings. The highest BCUT2D eigenvalue weighted by molar-refractivity contribution is 5.53. The van der Waals surface area contributed by atoms with Gasteiger partial charge in [0.1, 0.15) is 5.82 Å². The molecular weight excluding hydrogens is 176 g/mol. The van der Waals surface area contributed by atoms with E-state index < -0.39 is 0 Å². The number of nitrogens with zero attached hydrogens (tertiary/aromatic N) is 3. The molecule has 0 saturated carbocycles. The summed E-state index contributed by atoms with van der Waals surface area (Å²) in [5.74, 6) is 0.616. The molecule has 0 atom stereocenters. The van der Waals surface area contributed by atoms with Gasteiger partial charge >= 0.3 is 0 Å². The molecule has 0 fully saturated rings. The minimum atomic E-state index is 0.0442. The Bertz CT molecular complexity index is 464. The van der Waals surface area contributed by atoms with Crippen LogP contribution in [0.2, 0.25) is 0 Å². The maximum Gasteiger partial charge on any atom is 0.161 e. The second-order valence-electron chi connectivity index (χ2n) is 4.41. The molecule has 0 radical (unpaired) electrons. The molecule has 2 rings (SSSR count). The number of nitrogen functional groups attached to an aromatic ring is 1. The van der Waals surface area contributed by atoms with Crippen molar-refractivity contribution >= 4 is 11.5 Å². The first-order chi connectivity index (χ1) is 6.50. The zero-order valence-corrected chi connectivity index (χ0v) is 8.65. The van der Waals surface area contributed by atoms with E-state index in [4.69, 9.17) is 5.73 Å². The van der Waals surface area contributed by atoms with Crippen LogP contribution in [0.25, 0.3) is 5.65 Å². The highest BCUT2D eigenvalue weighted by Gasteiger charge is 2.20. The van der Waals surface area contributed by atoms with Crippen molar-refractivity contribution in [1.82, 2.24) is 14.6 Å². The van der Waals surface area contributed by atoms with E-state index in [0.717, 1.165) is 11.2 Å². The van der Waals surface area contributed by atoms with Gasteiger partial charge in [-0.2, -0.15) is 9.61 Å². The van der Waals surface area contributed by atoms with E-state index in [9.17, 15) is 0 Å². The first-order valence-corrected chi connectivity index (χ1v) is 4.59. The molecule has 14 heavy (non-hydrogen) atoms. The first kappa shape index (κ1) is 8.99. The molecule has 0 spiro atoms. The van der Waals surface area contributed by atoms with Crippen molar-refractivity contribution in [2.75, 3.05) is 5.73 Å². The van der Waals surface area contributed by atoms with E-state index in [-0.39, 0.29) is 5.41 Å². The summed E-state index contributed by atoms with van der Waals surface area (Å²) >= 11 is 0. The third-order valence-corrected chi connectivity index (χ3v) is 2.24. The van der Waals surface area contributed by atoms with Crippen LogP contribution in [-0.4, -0.2) is 14.6 Å². The summed E-state index contributed by atoms with van der Waals surface area (Å²) in [5, 5.41) is 4.21. The molecule has 0 aliphatic rings. The summed E-state index contributed by atoms with van der Waals surface area (Å²) in [6.45, 7) is 6.40. The predicted octanol–water partition coefficient (Wildman–Crippen LogP) is 1.61. The molecule has 0 aliphatic heterocycles. The normalized spacial score (nSPS) is 12.2. The molecule has 0 aromatic carbocycles. The van der Waals surface area contributed by atoms with Crippen LogP contribution in [0.1, 0.15) is 26.3 Å². The number of nitrogens with two attached hydrogens (primary N) is 1. The number of fused-ring (bicyclic) bond motifs is 1. The van der Waals surface area contributed by atoms with Gasteiger partial charge in [0.05, 0.1) is 6.20 Å². The Morgan fingerprint density at radius 2 is 2.07 bits per heavy atom. The van der Waals surface area contributed by atoms with Gasteiger partial charge in [-0.3, -0.25) is 0 Å².